The van der Waals surface area contributed by atoms with E-state index in [1.807, 2.05) is 19.1 Å². The minimum absolute atomic E-state index is 0.424. The summed E-state index contributed by atoms with van der Waals surface area (Å²) in [7, 11) is 0. The number of hydrogen-bond donors (Lipinski definition) is 3. The van der Waals surface area contributed by atoms with E-state index >= 15 is 0 Å². The average molecular weight is 365 g/mol. The van der Waals surface area contributed by atoms with Crippen molar-refractivity contribution in [3.8, 4) is 11.6 Å². The van der Waals surface area contributed by atoms with Gasteiger partial charge in [-0.15, -0.1) is 0 Å². The Morgan fingerprint density at radius 1 is 1.04 bits per heavy atom. The lowest BCUT2D eigenvalue weighted by Gasteiger charge is -2.16. The van der Waals surface area contributed by atoms with Crippen LogP contribution < -0.4 is 16.6 Å². The van der Waals surface area contributed by atoms with Gasteiger partial charge < -0.3 is 10.4 Å². The lowest BCUT2D eigenvalue weighted by Crippen LogP contribution is -2.35. The number of aromatic nitrogens is 2. The van der Waals surface area contributed by atoms with Crippen molar-refractivity contribution in [1.29, 1.82) is 0 Å². The third kappa shape index (κ3) is 3.39. The van der Waals surface area contributed by atoms with E-state index in [-0.39, 0.29) is 0 Å². The molecule has 138 valence electrons. The van der Waals surface area contributed by atoms with Crippen LogP contribution in [0.1, 0.15) is 27.0 Å². The molecule has 3 aromatic rings. The van der Waals surface area contributed by atoms with Gasteiger partial charge in [0.15, 0.2) is 5.56 Å². The molecule has 1 aromatic heterocycles. The number of carbonyl (C=O) groups excluding carboxylic acids is 1. The van der Waals surface area contributed by atoms with E-state index in [9.17, 15) is 19.5 Å². The Morgan fingerprint density at radius 2 is 1.63 bits per heavy atom. The summed E-state index contributed by atoms with van der Waals surface area (Å²) in [6.45, 7) is 5.49. The SMILES string of the molecule is Cc1cc(C)c(-n2c(O)c(C(=O)Nc3ccccc3)c(=O)[nH]c2=O)c(C)c1. The molecule has 0 aliphatic rings. The fraction of sp³-hybridized carbons (Fsp3) is 0.150. The highest BCUT2D eigenvalue weighted by atomic mass is 16.3. The van der Waals surface area contributed by atoms with Crippen LogP contribution in [0.2, 0.25) is 0 Å². The Morgan fingerprint density at radius 3 is 2.22 bits per heavy atom. The largest absolute Gasteiger partial charge is 0.493 e. The molecule has 1 heterocycles. The summed E-state index contributed by atoms with van der Waals surface area (Å²) in [5.41, 5.74) is 1.03. The third-order valence-electron chi connectivity index (χ3n) is 4.20. The minimum atomic E-state index is -0.954. The fourth-order valence-corrected chi connectivity index (χ4v) is 3.18. The Kier molecular flexibility index (Phi) is 4.68. The van der Waals surface area contributed by atoms with E-state index in [1.165, 1.54) is 0 Å². The van der Waals surface area contributed by atoms with Gasteiger partial charge in [-0.2, -0.15) is 0 Å². The Labute approximate surface area is 154 Å². The van der Waals surface area contributed by atoms with Crippen LogP contribution in [0, 0.1) is 20.8 Å². The van der Waals surface area contributed by atoms with Crippen molar-refractivity contribution >= 4 is 11.6 Å². The number of hydrogen-bond acceptors (Lipinski definition) is 4. The number of rotatable bonds is 3. The van der Waals surface area contributed by atoms with Gasteiger partial charge in [0, 0.05) is 5.69 Å². The standard InChI is InChI=1S/C20H19N3O4/c1-11-9-12(2)16(13(3)10-11)23-19(26)15(18(25)22-20(23)27)17(24)21-14-7-5-4-6-8-14/h4-10,26H,1-3H3,(H,21,24)(H,22,25,27). The molecule has 0 aliphatic carbocycles. The van der Waals surface area contributed by atoms with Crippen molar-refractivity contribution in [1.82, 2.24) is 9.55 Å². The summed E-state index contributed by atoms with van der Waals surface area (Å²) in [4.78, 5) is 39.3. The number of nitrogens with zero attached hydrogens (tertiary/aromatic N) is 1. The number of nitrogens with one attached hydrogen (secondary N) is 2. The first-order chi connectivity index (χ1) is 12.8. The molecule has 0 aliphatic heterocycles. The topological polar surface area (TPSA) is 104 Å². The molecule has 7 heteroatoms. The van der Waals surface area contributed by atoms with Crippen LogP contribution in [0.3, 0.4) is 0 Å². The van der Waals surface area contributed by atoms with Crippen molar-refractivity contribution in [3.05, 3.63) is 85.6 Å². The number of benzene rings is 2. The van der Waals surface area contributed by atoms with Gasteiger partial charge in [0.25, 0.3) is 11.5 Å². The van der Waals surface area contributed by atoms with Crippen molar-refractivity contribution in [2.75, 3.05) is 5.32 Å². The zero-order valence-corrected chi connectivity index (χ0v) is 15.2. The average Bonchev–Trinajstić information content (AvgIpc) is 2.57. The third-order valence-corrected chi connectivity index (χ3v) is 4.20. The molecule has 2 aromatic carbocycles. The summed E-state index contributed by atoms with van der Waals surface area (Å²) >= 11 is 0. The van der Waals surface area contributed by atoms with E-state index in [0.717, 1.165) is 21.3 Å². The van der Waals surface area contributed by atoms with Crippen LogP contribution in [0.5, 0.6) is 5.88 Å². The van der Waals surface area contributed by atoms with Gasteiger partial charge in [0.05, 0.1) is 5.69 Å². The minimum Gasteiger partial charge on any atom is -0.493 e. The predicted octanol–water partition coefficient (Wildman–Crippen LogP) is 2.41. The summed E-state index contributed by atoms with van der Waals surface area (Å²) < 4.78 is 0.950. The van der Waals surface area contributed by atoms with E-state index < -0.39 is 28.6 Å². The zero-order valence-electron chi connectivity index (χ0n) is 15.2. The molecular formula is C20H19N3O4. The predicted molar refractivity (Wildman–Crippen MR) is 103 cm³/mol. The second-order valence-corrected chi connectivity index (χ2v) is 6.36. The summed E-state index contributed by atoms with van der Waals surface area (Å²) in [5, 5.41) is 13.2. The molecule has 0 saturated heterocycles. The van der Waals surface area contributed by atoms with Crippen molar-refractivity contribution in [2.45, 2.75) is 20.8 Å². The number of amides is 1. The first kappa shape index (κ1) is 18.2. The molecule has 0 saturated carbocycles. The molecule has 1 amide bonds. The molecule has 7 nitrogen and oxygen atoms in total. The van der Waals surface area contributed by atoms with Crippen LogP contribution in [-0.4, -0.2) is 20.6 Å². The van der Waals surface area contributed by atoms with Gasteiger partial charge in [-0.3, -0.25) is 14.6 Å². The molecule has 0 atom stereocenters. The van der Waals surface area contributed by atoms with Crippen molar-refractivity contribution in [3.63, 3.8) is 0 Å². The maximum Gasteiger partial charge on any atom is 0.335 e. The quantitative estimate of drug-likeness (QED) is 0.663. The number of aromatic hydroxyl groups is 1. The lowest BCUT2D eigenvalue weighted by atomic mass is 10.0. The summed E-state index contributed by atoms with van der Waals surface area (Å²) in [5.74, 6) is -1.51. The highest BCUT2D eigenvalue weighted by Crippen LogP contribution is 2.24. The second-order valence-electron chi connectivity index (χ2n) is 6.36. The number of para-hydroxylation sites is 1. The molecule has 0 unspecified atom stereocenters. The van der Waals surface area contributed by atoms with Gasteiger partial charge in [-0.25, -0.2) is 9.36 Å². The van der Waals surface area contributed by atoms with Gasteiger partial charge >= 0.3 is 5.69 Å². The normalized spacial score (nSPS) is 10.6. The first-order valence-electron chi connectivity index (χ1n) is 8.32. The molecule has 0 fully saturated rings. The zero-order chi connectivity index (χ0) is 19.7. The van der Waals surface area contributed by atoms with Crippen LogP contribution in [0.15, 0.2) is 52.1 Å². The molecule has 0 spiro atoms. The smallest absolute Gasteiger partial charge is 0.335 e. The van der Waals surface area contributed by atoms with Crippen molar-refractivity contribution in [2.24, 2.45) is 0 Å². The molecular weight excluding hydrogens is 346 g/mol. The van der Waals surface area contributed by atoms with Gasteiger partial charge in [0.1, 0.15) is 0 Å². The number of aromatic amines is 1. The van der Waals surface area contributed by atoms with E-state index in [0.29, 0.717) is 11.4 Å². The van der Waals surface area contributed by atoms with Gasteiger partial charge in [-0.05, 0) is 44.0 Å². The van der Waals surface area contributed by atoms with Crippen LogP contribution in [0.25, 0.3) is 5.69 Å². The maximum absolute atomic E-state index is 12.6. The maximum atomic E-state index is 12.6. The lowest BCUT2D eigenvalue weighted by molar-refractivity contribution is 0.102. The number of carbonyl (C=O) groups is 1. The van der Waals surface area contributed by atoms with Crippen molar-refractivity contribution < 1.29 is 9.90 Å². The highest BCUT2D eigenvalue weighted by molar-refractivity contribution is 6.05. The van der Waals surface area contributed by atoms with Gasteiger partial charge in [0.2, 0.25) is 5.88 Å². The van der Waals surface area contributed by atoms with Crippen LogP contribution in [-0.2, 0) is 0 Å². The Hall–Kier alpha value is -3.61. The monoisotopic (exact) mass is 365 g/mol. The number of H-pyrrole nitrogens is 1. The highest BCUT2D eigenvalue weighted by Gasteiger charge is 2.23. The first-order valence-corrected chi connectivity index (χ1v) is 8.32. The molecule has 3 N–H and O–H groups in total. The summed E-state index contributed by atoms with van der Waals surface area (Å²) in [6.07, 6.45) is 0. The number of aryl methyl sites for hydroxylation is 3. The molecule has 27 heavy (non-hydrogen) atoms. The Balaban J connectivity index is 2.19. The van der Waals surface area contributed by atoms with Crippen LogP contribution >= 0.6 is 0 Å². The molecule has 0 bridgehead atoms. The van der Waals surface area contributed by atoms with Crippen LogP contribution in [0.4, 0.5) is 5.69 Å². The van der Waals surface area contributed by atoms with E-state index in [2.05, 4.69) is 10.3 Å². The molecule has 3 rings (SSSR count). The second kappa shape index (κ2) is 6.95. The van der Waals surface area contributed by atoms with Gasteiger partial charge in [-0.1, -0.05) is 35.9 Å². The summed E-state index contributed by atoms with van der Waals surface area (Å²) in [6, 6.07) is 12.2. The Bertz CT molecular complexity index is 1120. The van der Waals surface area contributed by atoms with E-state index in [1.54, 1.807) is 44.2 Å². The number of anilines is 1. The van der Waals surface area contributed by atoms with E-state index in [4.69, 9.17) is 0 Å². The fourth-order valence-electron chi connectivity index (χ4n) is 3.18. The molecule has 0 radical (unpaired) electrons.